The van der Waals surface area contributed by atoms with Crippen LogP contribution in [0.4, 0.5) is 0 Å². The lowest BCUT2D eigenvalue weighted by Gasteiger charge is -2.19. The van der Waals surface area contributed by atoms with Crippen LogP contribution < -0.4 is 10.6 Å². The van der Waals surface area contributed by atoms with Crippen LogP contribution in [0.2, 0.25) is 0 Å². The summed E-state index contributed by atoms with van der Waals surface area (Å²) in [5, 5.41) is 6.41. The fourth-order valence-electron chi connectivity index (χ4n) is 2.39. The van der Waals surface area contributed by atoms with E-state index in [0.29, 0.717) is 0 Å². The van der Waals surface area contributed by atoms with Crippen molar-refractivity contribution in [3.63, 3.8) is 0 Å². The molecule has 0 radical (unpaired) electrons. The maximum Gasteiger partial charge on any atom is 0.224 e. The highest BCUT2D eigenvalue weighted by Crippen LogP contribution is 2.10. The number of hydrogen-bond acceptors (Lipinski definition) is 2. The minimum absolute atomic E-state index is 0.162. The molecule has 2 atom stereocenters. The van der Waals surface area contributed by atoms with Crippen molar-refractivity contribution in [3.8, 4) is 0 Å². The Balaban J connectivity index is 1.87. The number of rotatable bonds is 5. The summed E-state index contributed by atoms with van der Waals surface area (Å²) in [5.74, 6) is 0.373. The topological polar surface area (TPSA) is 41.1 Å². The highest BCUT2D eigenvalue weighted by molar-refractivity contribution is 5.79. The van der Waals surface area contributed by atoms with Crippen molar-refractivity contribution in [1.82, 2.24) is 10.6 Å². The second-order valence-electron chi connectivity index (χ2n) is 4.99. The van der Waals surface area contributed by atoms with E-state index in [0.717, 1.165) is 32.4 Å². The van der Waals surface area contributed by atoms with Crippen LogP contribution in [0.5, 0.6) is 0 Å². The van der Waals surface area contributed by atoms with E-state index in [2.05, 4.69) is 29.7 Å². The van der Waals surface area contributed by atoms with Crippen LogP contribution in [-0.2, 0) is 11.2 Å². The van der Waals surface area contributed by atoms with Crippen LogP contribution in [0.1, 0.15) is 25.3 Å². The predicted molar refractivity (Wildman–Crippen MR) is 73.3 cm³/mol. The van der Waals surface area contributed by atoms with Crippen molar-refractivity contribution in [2.45, 2.75) is 32.2 Å². The normalized spacial score (nSPS) is 20.6. The van der Waals surface area contributed by atoms with Crippen LogP contribution in [0.15, 0.2) is 30.3 Å². The molecule has 18 heavy (non-hydrogen) atoms. The third-order valence-corrected chi connectivity index (χ3v) is 3.60. The van der Waals surface area contributed by atoms with Gasteiger partial charge in [-0.25, -0.2) is 0 Å². The molecule has 3 heteroatoms. The molecule has 0 bridgehead atoms. The Morgan fingerprint density at radius 1 is 1.44 bits per heavy atom. The molecule has 0 aromatic heterocycles. The van der Waals surface area contributed by atoms with Crippen molar-refractivity contribution in [2.24, 2.45) is 5.92 Å². The first-order chi connectivity index (χ1) is 8.79. The van der Waals surface area contributed by atoms with Crippen molar-refractivity contribution in [3.05, 3.63) is 35.9 Å². The molecule has 1 aliphatic heterocycles. The molecular weight excluding hydrogens is 224 g/mol. The third kappa shape index (κ3) is 3.57. The maximum atomic E-state index is 12.1. The molecule has 0 saturated carbocycles. The van der Waals surface area contributed by atoms with Gasteiger partial charge in [-0.1, -0.05) is 37.3 Å². The van der Waals surface area contributed by atoms with E-state index in [9.17, 15) is 4.79 Å². The maximum absolute atomic E-state index is 12.1. The second kappa shape index (κ2) is 6.55. The second-order valence-corrected chi connectivity index (χ2v) is 4.99. The standard InChI is InChI=1S/C15H22N2O/c1-2-14(10-12-6-4-3-5-7-12)17-15(18)13-8-9-16-11-13/h3-7,13-14,16H,2,8-11H2,1H3,(H,17,18). The molecule has 2 N–H and O–H groups in total. The molecule has 2 unspecified atom stereocenters. The molecule has 98 valence electrons. The Labute approximate surface area is 109 Å². The van der Waals surface area contributed by atoms with E-state index in [1.807, 2.05) is 18.2 Å². The summed E-state index contributed by atoms with van der Waals surface area (Å²) in [6.07, 6.45) is 2.86. The van der Waals surface area contributed by atoms with Gasteiger partial charge >= 0.3 is 0 Å². The van der Waals surface area contributed by atoms with Gasteiger partial charge in [0.05, 0.1) is 5.92 Å². The van der Waals surface area contributed by atoms with Gasteiger partial charge in [0.1, 0.15) is 0 Å². The van der Waals surface area contributed by atoms with Gasteiger partial charge in [-0.3, -0.25) is 4.79 Å². The molecule has 0 aliphatic carbocycles. The molecule has 1 saturated heterocycles. The molecule has 0 spiro atoms. The fourth-order valence-corrected chi connectivity index (χ4v) is 2.39. The summed E-state index contributed by atoms with van der Waals surface area (Å²) >= 11 is 0. The summed E-state index contributed by atoms with van der Waals surface area (Å²) < 4.78 is 0. The zero-order valence-electron chi connectivity index (χ0n) is 11.0. The average molecular weight is 246 g/mol. The average Bonchev–Trinajstić information content (AvgIpc) is 2.93. The molecule has 1 aliphatic rings. The van der Waals surface area contributed by atoms with Crippen LogP contribution in [0.3, 0.4) is 0 Å². The summed E-state index contributed by atoms with van der Waals surface area (Å²) in [6.45, 7) is 3.92. The highest BCUT2D eigenvalue weighted by atomic mass is 16.2. The molecule has 1 amide bonds. The monoisotopic (exact) mass is 246 g/mol. The van der Waals surface area contributed by atoms with E-state index in [-0.39, 0.29) is 17.9 Å². The van der Waals surface area contributed by atoms with Crippen molar-refractivity contribution in [2.75, 3.05) is 13.1 Å². The third-order valence-electron chi connectivity index (χ3n) is 3.60. The van der Waals surface area contributed by atoms with Crippen molar-refractivity contribution >= 4 is 5.91 Å². The number of benzene rings is 1. The largest absolute Gasteiger partial charge is 0.353 e. The molecule has 1 aromatic carbocycles. The predicted octanol–water partition coefficient (Wildman–Crippen LogP) is 1.73. The van der Waals surface area contributed by atoms with Gasteiger partial charge in [-0.05, 0) is 31.4 Å². The lowest BCUT2D eigenvalue weighted by atomic mass is 10.0. The minimum Gasteiger partial charge on any atom is -0.353 e. The zero-order valence-corrected chi connectivity index (χ0v) is 11.0. The highest BCUT2D eigenvalue weighted by Gasteiger charge is 2.23. The van der Waals surface area contributed by atoms with E-state index < -0.39 is 0 Å². The SMILES string of the molecule is CCC(Cc1ccccc1)NC(=O)C1CCNC1. The van der Waals surface area contributed by atoms with Gasteiger partial charge in [0.15, 0.2) is 0 Å². The number of amides is 1. The molecule has 1 fully saturated rings. The molecular formula is C15H22N2O. The van der Waals surface area contributed by atoms with Gasteiger partial charge in [0.25, 0.3) is 0 Å². The first-order valence-corrected chi connectivity index (χ1v) is 6.84. The van der Waals surface area contributed by atoms with E-state index in [1.54, 1.807) is 0 Å². The minimum atomic E-state index is 0.162. The van der Waals surface area contributed by atoms with Crippen LogP contribution in [0, 0.1) is 5.92 Å². The number of hydrogen-bond donors (Lipinski definition) is 2. The van der Waals surface area contributed by atoms with E-state index >= 15 is 0 Å². The number of nitrogens with one attached hydrogen (secondary N) is 2. The Hall–Kier alpha value is -1.35. The first-order valence-electron chi connectivity index (χ1n) is 6.84. The van der Waals surface area contributed by atoms with Gasteiger partial charge in [-0.2, -0.15) is 0 Å². The lowest BCUT2D eigenvalue weighted by Crippen LogP contribution is -2.40. The molecule has 1 heterocycles. The van der Waals surface area contributed by atoms with E-state index in [4.69, 9.17) is 0 Å². The summed E-state index contributed by atoms with van der Waals surface area (Å²) in [4.78, 5) is 12.1. The fraction of sp³-hybridized carbons (Fsp3) is 0.533. The molecule has 2 rings (SSSR count). The lowest BCUT2D eigenvalue weighted by molar-refractivity contribution is -0.125. The van der Waals surface area contributed by atoms with E-state index in [1.165, 1.54) is 5.56 Å². The van der Waals surface area contributed by atoms with Crippen molar-refractivity contribution < 1.29 is 4.79 Å². The zero-order chi connectivity index (χ0) is 12.8. The van der Waals surface area contributed by atoms with Crippen LogP contribution in [-0.4, -0.2) is 25.0 Å². The Morgan fingerprint density at radius 2 is 2.22 bits per heavy atom. The van der Waals surface area contributed by atoms with Crippen LogP contribution >= 0.6 is 0 Å². The quantitative estimate of drug-likeness (QED) is 0.831. The summed E-state index contributed by atoms with van der Waals surface area (Å²) in [7, 11) is 0. The Kier molecular flexibility index (Phi) is 4.76. The smallest absolute Gasteiger partial charge is 0.224 e. The van der Waals surface area contributed by atoms with Gasteiger partial charge in [0, 0.05) is 12.6 Å². The Bertz CT molecular complexity index is 371. The van der Waals surface area contributed by atoms with Crippen molar-refractivity contribution in [1.29, 1.82) is 0 Å². The first kappa shape index (κ1) is 13.1. The summed E-state index contributed by atoms with van der Waals surface area (Å²) in [6, 6.07) is 10.6. The Morgan fingerprint density at radius 3 is 2.83 bits per heavy atom. The van der Waals surface area contributed by atoms with Gasteiger partial charge in [0.2, 0.25) is 5.91 Å². The van der Waals surface area contributed by atoms with Crippen LogP contribution in [0.25, 0.3) is 0 Å². The number of carbonyl (C=O) groups excluding carboxylic acids is 1. The number of carbonyl (C=O) groups is 1. The molecule has 1 aromatic rings. The molecule has 3 nitrogen and oxygen atoms in total. The van der Waals surface area contributed by atoms with Gasteiger partial charge < -0.3 is 10.6 Å². The summed E-state index contributed by atoms with van der Waals surface area (Å²) in [5.41, 5.74) is 1.29. The van der Waals surface area contributed by atoms with Gasteiger partial charge in [-0.15, -0.1) is 0 Å².